The summed E-state index contributed by atoms with van der Waals surface area (Å²) in [4.78, 5) is 55.8. The molecule has 1 saturated carbocycles. The summed E-state index contributed by atoms with van der Waals surface area (Å²) in [5.41, 5.74) is 7.19. The van der Waals surface area contributed by atoms with E-state index in [1.165, 1.54) is 0 Å². The van der Waals surface area contributed by atoms with E-state index in [1.54, 1.807) is 43.0 Å². The summed E-state index contributed by atoms with van der Waals surface area (Å²) in [6, 6.07) is 5.68. The van der Waals surface area contributed by atoms with Gasteiger partial charge in [0.1, 0.15) is 18.4 Å². The van der Waals surface area contributed by atoms with Gasteiger partial charge in [0.15, 0.2) is 0 Å². The van der Waals surface area contributed by atoms with Crippen LogP contribution in [0.4, 0.5) is 14.9 Å². The van der Waals surface area contributed by atoms with Crippen molar-refractivity contribution in [3.05, 3.63) is 30.0 Å². The topological polar surface area (TPSA) is 153 Å². The van der Waals surface area contributed by atoms with Gasteiger partial charge in [-0.3, -0.25) is 9.59 Å². The number of H-pyrrole nitrogens is 1. The molecule has 2 heterocycles. The molecule has 2 amide bonds. The van der Waals surface area contributed by atoms with E-state index in [-0.39, 0.29) is 41.2 Å². The van der Waals surface area contributed by atoms with Crippen molar-refractivity contribution in [3.63, 3.8) is 0 Å². The summed E-state index contributed by atoms with van der Waals surface area (Å²) >= 11 is 0. The number of likely N-dealkylation sites (tertiary alicyclic amines) is 1. The second-order valence-corrected chi connectivity index (χ2v) is 11.7. The van der Waals surface area contributed by atoms with Gasteiger partial charge in [-0.05, 0) is 68.2 Å². The van der Waals surface area contributed by atoms with Crippen molar-refractivity contribution >= 4 is 40.5 Å². The number of ether oxygens (including phenoxy) is 3. The number of hydrogen-bond acceptors (Lipinski definition) is 8. The molecule has 0 bridgehead atoms. The van der Waals surface area contributed by atoms with Crippen LogP contribution in [0.15, 0.2) is 24.3 Å². The quantitative estimate of drug-likeness (QED) is 0.288. The van der Waals surface area contributed by atoms with E-state index in [1.807, 2.05) is 6.92 Å². The number of carbonyl (C=O) groups is 4. The first-order chi connectivity index (χ1) is 20.0. The van der Waals surface area contributed by atoms with Crippen LogP contribution >= 0.6 is 0 Å². The fraction of sp³-hybridized carbons (Fsp3) is 0.600. The highest BCUT2D eigenvalue weighted by atomic mass is 19.1. The van der Waals surface area contributed by atoms with Crippen molar-refractivity contribution in [2.45, 2.75) is 71.2 Å². The SMILES string of the molecule is COC(=O)OC(OC(=O)c1cc2cc(NC(=O)[C@@H]3[C@@H](C)CCN3C(=O)C3CCC([C@H](N)CF)CC3)ccc2[nH]1)C(C)C. The molecule has 11 nitrogen and oxygen atoms in total. The largest absolute Gasteiger partial charge is 0.511 e. The molecule has 4 atom stereocenters. The van der Waals surface area contributed by atoms with E-state index in [4.69, 9.17) is 15.2 Å². The van der Waals surface area contributed by atoms with Crippen LogP contribution in [0.1, 0.15) is 63.4 Å². The van der Waals surface area contributed by atoms with Crippen molar-refractivity contribution in [1.82, 2.24) is 9.88 Å². The number of anilines is 1. The van der Waals surface area contributed by atoms with Gasteiger partial charge in [-0.1, -0.05) is 20.8 Å². The Labute approximate surface area is 244 Å². The van der Waals surface area contributed by atoms with Gasteiger partial charge in [-0.25, -0.2) is 14.0 Å². The monoisotopic (exact) mass is 588 g/mol. The second kappa shape index (κ2) is 13.5. The number of alkyl halides is 1. The number of aromatic amines is 1. The van der Waals surface area contributed by atoms with Gasteiger partial charge < -0.3 is 35.1 Å². The molecule has 2 aromatic rings. The molecule has 2 fully saturated rings. The third-order valence-corrected chi connectivity index (χ3v) is 8.41. The highest BCUT2D eigenvalue weighted by molar-refractivity contribution is 6.01. The molecule has 2 aliphatic rings. The molecule has 1 aromatic heterocycles. The Balaban J connectivity index is 1.41. The van der Waals surface area contributed by atoms with Crippen LogP contribution in [0.3, 0.4) is 0 Å². The minimum Gasteiger partial charge on any atom is -0.438 e. The van der Waals surface area contributed by atoms with Crippen LogP contribution in [0.5, 0.6) is 0 Å². The van der Waals surface area contributed by atoms with E-state index in [2.05, 4.69) is 15.0 Å². The molecule has 1 aliphatic carbocycles. The third-order valence-electron chi connectivity index (χ3n) is 8.41. The molecule has 4 rings (SSSR count). The fourth-order valence-electron chi connectivity index (χ4n) is 5.89. The summed E-state index contributed by atoms with van der Waals surface area (Å²) < 4.78 is 27.9. The first kappa shape index (κ1) is 31.3. The standard InChI is InChI=1S/C30H41FN4O7/c1-16(2)29(42-30(39)40-4)41-28(38)24-14-20-13-21(9-10-23(20)34-24)33-26(36)25-17(3)11-12-35(25)27(37)19-7-5-18(6-8-19)22(32)15-31/h9-10,13-14,16-19,22,25,29,34H,5-8,11-12,15,32H2,1-4H3,(H,33,36)/t17-,18?,19?,22+,25-,29?/m0/s1. The van der Waals surface area contributed by atoms with Crippen LogP contribution in [-0.2, 0) is 23.8 Å². The summed E-state index contributed by atoms with van der Waals surface area (Å²) in [5, 5.41) is 3.60. The van der Waals surface area contributed by atoms with Gasteiger partial charge in [-0.2, -0.15) is 0 Å². The first-order valence-electron chi connectivity index (χ1n) is 14.5. The molecule has 12 heteroatoms. The molecular weight excluding hydrogens is 547 g/mol. The number of rotatable bonds is 9. The molecule has 0 spiro atoms. The molecule has 42 heavy (non-hydrogen) atoms. The average molecular weight is 589 g/mol. The van der Waals surface area contributed by atoms with Crippen molar-refractivity contribution in [2.75, 3.05) is 25.6 Å². The number of hydrogen-bond donors (Lipinski definition) is 3. The Morgan fingerprint density at radius 1 is 1.10 bits per heavy atom. The molecule has 0 radical (unpaired) electrons. The Bertz CT molecular complexity index is 1290. The summed E-state index contributed by atoms with van der Waals surface area (Å²) in [7, 11) is 1.16. The zero-order chi connectivity index (χ0) is 30.6. The predicted molar refractivity (Wildman–Crippen MR) is 153 cm³/mol. The highest BCUT2D eigenvalue weighted by Crippen LogP contribution is 2.35. The van der Waals surface area contributed by atoms with E-state index in [0.717, 1.165) is 13.5 Å². The van der Waals surface area contributed by atoms with Crippen molar-refractivity contribution in [2.24, 2.45) is 29.4 Å². The number of methoxy groups -OCH3 is 1. The maximum atomic E-state index is 13.5. The molecule has 230 valence electrons. The van der Waals surface area contributed by atoms with Crippen molar-refractivity contribution < 1.29 is 37.8 Å². The van der Waals surface area contributed by atoms with Crippen LogP contribution < -0.4 is 11.1 Å². The molecule has 4 N–H and O–H groups in total. The number of carbonyl (C=O) groups excluding carboxylic acids is 4. The van der Waals surface area contributed by atoms with E-state index < -0.39 is 37.2 Å². The number of nitrogens with zero attached hydrogens (tertiary/aromatic N) is 1. The number of esters is 1. The molecule has 1 unspecified atom stereocenters. The Kier molecular flexibility index (Phi) is 10.1. The van der Waals surface area contributed by atoms with Gasteiger partial charge in [0.2, 0.25) is 11.8 Å². The smallest absolute Gasteiger partial charge is 0.438 e. The van der Waals surface area contributed by atoms with Gasteiger partial charge in [0.05, 0.1) is 7.11 Å². The normalized spacial score (nSPS) is 23.8. The van der Waals surface area contributed by atoms with Crippen LogP contribution in [0.25, 0.3) is 10.9 Å². The number of nitrogens with one attached hydrogen (secondary N) is 2. The molecule has 1 aromatic carbocycles. The maximum absolute atomic E-state index is 13.5. The van der Waals surface area contributed by atoms with Crippen LogP contribution in [0, 0.1) is 23.7 Å². The number of amides is 2. The lowest BCUT2D eigenvalue weighted by Crippen LogP contribution is -2.48. The van der Waals surface area contributed by atoms with Crippen LogP contribution in [0.2, 0.25) is 0 Å². The Morgan fingerprint density at radius 3 is 2.45 bits per heavy atom. The lowest BCUT2D eigenvalue weighted by molar-refractivity contribution is -0.142. The van der Waals surface area contributed by atoms with Gasteiger partial charge >= 0.3 is 12.1 Å². The number of fused-ring (bicyclic) bond motifs is 1. The fourth-order valence-corrected chi connectivity index (χ4v) is 5.89. The Morgan fingerprint density at radius 2 is 1.81 bits per heavy atom. The van der Waals surface area contributed by atoms with Crippen LogP contribution in [-0.4, -0.2) is 72.5 Å². The minimum atomic E-state index is -1.13. The van der Waals surface area contributed by atoms with Crippen molar-refractivity contribution in [3.8, 4) is 0 Å². The van der Waals surface area contributed by atoms with E-state index >= 15 is 0 Å². The van der Waals surface area contributed by atoms with Gasteiger partial charge in [0.25, 0.3) is 6.29 Å². The molecular formula is C30H41FN4O7. The van der Waals surface area contributed by atoms with Gasteiger partial charge in [0, 0.05) is 41.0 Å². The lowest BCUT2D eigenvalue weighted by Gasteiger charge is -2.34. The predicted octanol–water partition coefficient (Wildman–Crippen LogP) is 4.37. The first-order valence-corrected chi connectivity index (χ1v) is 14.5. The van der Waals surface area contributed by atoms with E-state index in [0.29, 0.717) is 48.8 Å². The molecule has 1 saturated heterocycles. The maximum Gasteiger partial charge on any atom is 0.511 e. The Hall–Kier alpha value is -3.67. The third kappa shape index (κ3) is 7.03. The minimum absolute atomic E-state index is 0.0104. The average Bonchev–Trinajstić information content (AvgIpc) is 3.59. The second-order valence-electron chi connectivity index (χ2n) is 11.7. The lowest BCUT2D eigenvalue weighted by atomic mass is 9.78. The van der Waals surface area contributed by atoms with E-state index in [9.17, 15) is 23.6 Å². The molecule has 1 aliphatic heterocycles. The zero-order valence-corrected chi connectivity index (χ0v) is 24.6. The van der Waals surface area contributed by atoms with Gasteiger partial charge in [-0.15, -0.1) is 0 Å². The number of aromatic nitrogens is 1. The highest BCUT2D eigenvalue weighted by Gasteiger charge is 2.42. The summed E-state index contributed by atoms with van der Waals surface area (Å²) in [6.07, 6.45) is 1.37. The summed E-state index contributed by atoms with van der Waals surface area (Å²) in [5.74, 6) is -1.42. The number of halogens is 1. The zero-order valence-electron chi connectivity index (χ0n) is 24.6. The number of nitrogens with two attached hydrogens (primary N) is 1. The van der Waals surface area contributed by atoms with Crippen molar-refractivity contribution in [1.29, 1.82) is 0 Å². The number of benzene rings is 1. The summed E-state index contributed by atoms with van der Waals surface area (Å²) in [6.45, 7) is 5.39.